The fourth-order valence-electron chi connectivity index (χ4n) is 3.79. The van der Waals surface area contributed by atoms with Gasteiger partial charge >= 0.3 is 0 Å². The van der Waals surface area contributed by atoms with Crippen LogP contribution in [0.5, 0.6) is 0 Å². The fraction of sp³-hybridized carbons (Fsp3) is 0.682. The van der Waals surface area contributed by atoms with Crippen LogP contribution in [0.1, 0.15) is 49.3 Å². The molecule has 2 saturated heterocycles. The summed E-state index contributed by atoms with van der Waals surface area (Å²) in [5.41, 5.74) is -0.955. The number of hydrogen-bond acceptors (Lipinski definition) is 5. The summed E-state index contributed by atoms with van der Waals surface area (Å²) < 4.78 is 5.33. The molecular formula is C22H32N2O3S. The normalized spacial score (nSPS) is 21.2. The number of hydrogen-bond donors (Lipinski definition) is 1. The smallest absolute Gasteiger partial charge is 0.222 e. The van der Waals surface area contributed by atoms with E-state index in [2.05, 4.69) is 22.8 Å². The van der Waals surface area contributed by atoms with Gasteiger partial charge in [0.1, 0.15) is 5.60 Å². The zero-order valence-electron chi connectivity index (χ0n) is 17.1. The van der Waals surface area contributed by atoms with E-state index in [4.69, 9.17) is 4.74 Å². The van der Waals surface area contributed by atoms with Gasteiger partial charge in [0.2, 0.25) is 5.91 Å². The Kier molecular flexibility index (Phi) is 7.53. The monoisotopic (exact) mass is 404 g/mol. The molecule has 0 aromatic carbocycles. The molecule has 6 heteroatoms. The molecule has 3 rings (SSSR count). The molecule has 0 spiro atoms. The van der Waals surface area contributed by atoms with Crippen molar-refractivity contribution in [2.45, 2.75) is 51.7 Å². The Bertz CT molecular complexity index is 707. The molecule has 154 valence electrons. The topological polar surface area (TPSA) is 53.0 Å². The third-order valence-electron chi connectivity index (χ3n) is 5.27. The van der Waals surface area contributed by atoms with Gasteiger partial charge in [0.25, 0.3) is 0 Å². The number of amides is 1. The van der Waals surface area contributed by atoms with Gasteiger partial charge in [-0.1, -0.05) is 11.8 Å². The van der Waals surface area contributed by atoms with E-state index in [1.54, 1.807) is 25.2 Å². The minimum absolute atomic E-state index is 0.286. The first kappa shape index (κ1) is 21.3. The van der Waals surface area contributed by atoms with Gasteiger partial charge in [-0.05, 0) is 57.7 Å². The van der Waals surface area contributed by atoms with Crippen molar-refractivity contribution >= 4 is 17.2 Å². The maximum absolute atomic E-state index is 12.4. The van der Waals surface area contributed by atoms with Crippen LogP contribution < -0.4 is 0 Å². The minimum Gasteiger partial charge on any atom is -0.378 e. The third-order valence-corrected chi connectivity index (χ3v) is 6.25. The molecule has 0 saturated carbocycles. The number of carbonyl (C=O) groups is 1. The number of carbonyl (C=O) groups excluding carboxylic acids is 1. The molecule has 28 heavy (non-hydrogen) atoms. The van der Waals surface area contributed by atoms with Crippen LogP contribution in [0.25, 0.3) is 0 Å². The second-order valence-corrected chi connectivity index (χ2v) is 9.52. The molecule has 0 unspecified atom stereocenters. The zero-order chi connectivity index (χ0) is 20.0. The summed E-state index contributed by atoms with van der Waals surface area (Å²) in [5, 5.41) is 9.74. The van der Waals surface area contributed by atoms with E-state index >= 15 is 0 Å². The Hall–Kier alpha value is -1.39. The van der Waals surface area contributed by atoms with Crippen LogP contribution in [0.15, 0.2) is 12.1 Å². The highest BCUT2D eigenvalue weighted by atomic mass is 32.1. The Labute approximate surface area is 172 Å². The van der Waals surface area contributed by atoms with Gasteiger partial charge in [0.15, 0.2) is 0 Å². The maximum Gasteiger partial charge on any atom is 0.222 e. The van der Waals surface area contributed by atoms with Crippen molar-refractivity contribution in [3.63, 3.8) is 0 Å². The molecular weight excluding hydrogens is 372 g/mol. The fourth-order valence-corrected chi connectivity index (χ4v) is 4.70. The summed E-state index contributed by atoms with van der Waals surface area (Å²) in [4.78, 5) is 19.1. The standard InChI is InChI=1S/C22H32N2O3S/c1-22(2,26)10-9-19-6-7-20(28-19)17-23-11-3-4-18(16-23)5-8-21(25)24-12-14-27-15-13-24/h6-7,18,26H,3-5,8,11-17H2,1-2H3/t18-/m1/s1. The van der Waals surface area contributed by atoms with Crippen molar-refractivity contribution < 1.29 is 14.6 Å². The van der Waals surface area contributed by atoms with Crippen LogP contribution in [-0.4, -0.2) is 65.8 Å². The number of piperidine rings is 1. The molecule has 2 fully saturated rings. The van der Waals surface area contributed by atoms with Gasteiger partial charge in [-0.15, -0.1) is 11.3 Å². The molecule has 2 aliphatic heterocycles. The van der Waals surface area contributed by atoms with Gasteiger partial charge in [-0.2, -0.15) is 0 Å². The van der Waals surface area contributed by atoms with E-state index in [0.29, 0.717) is 25.6 Å². The highest BCUT2D eigenvalue weighted by molar-refractivity contribution is 7.12. The summed E-state index contributed by atoms with van der Waals surface area (Å²) in [6.45, 7) is 9.37. The second-order valence-electron chi connectivity index (χ2n) is 8.35. The SMILES string of the molecule is CC(C)(O)C#Cc1ccc(CN2CCC[C@H](CCC(=O)N3CCOCC3)C2)s1. The van der Waals surface area contributed by atoms with Crippen molar-refractivity contribution in [1.82, 2.24) is 9.80 Å². The van der Waals surface area contributed by atoms with E-state index in [9.17, 15) is 9.90 Å². The number of aliphatic hydroxyl groups is 1. The molecule has 0 bridgehead atoms. The molecule has 5 nitrogen and oxygen atoms in total. The number of thiophene rings is 1. The van der Waals surface area contributed by atoms with E-state index in [-0.39, 0.29) is 5.91 Å². The summed E-state index contributed by atoms with van der Waals surface area (Å²) in [7, 11) is 0. The van der Waals surface area contributed by atoms with E-state index in [0.717, 1.165) is 44.0 Å². The lowest BCUT2D eigenvalue weighted by Crippen LogP contribution is -2.41. The molecule has 1 N–H and O–H groups in total. The van der Waals surface area contributed by atoms with Gasteiger partial charge in [-0.3, -0.25) is 9.69 Å². The lowest BCUT2D eigenvalue weighted by atomic mass is 9.93. The highest BCUT2D eigenvalue weighted by Crippen LogP contribution is 2.25. The average Bonchev–Trinajstić information content (AvgIpc) is 3.12. The summed E-state index contributed by atoms with van der Waals surface area (Å²) in [6.07, 6.45) is 4.07. The van der Waals surface area contributed by atoms with Crippen molar-refractivity contribution in [3.8, 4) is 11.8 Å². The first-order chi connectivity index (χ1) is 13.4. The van der Waals surface area contributed by atoms with Gasteiger partial charge in [0.05, 0.1) is 18.1 Å². The Balaban J connectivity index is 1.45. The molecule has 1 aromatic rings. The predicted molar refractivity (Wildman–Crippen MR) is 112 cm³/mol. The summed E-state index contributed by atoms with van der Waals surface area (Å²) >= 11 is 1.71. The van der Waals surface area contributed by atoms with E-state index in [1.807, 2.05) is 11.0 Å². The van der Waals surface area contributed by atoms with Crippen molar-refractivity contribution in [2.75, 3.05) is 39.4 Å². The molecule has 0 radical (unpaired) electrons. The van der Waals surface area contributed by atoms with Gasteiger partial charge in [0, 0.05) is 37.5 Å². The minimum atomic E-state index is -0.955. The number of morpholine rings is 1. The number of nitrogens with zero attached hydrogens (tertiary/aromatic N) is 2. The second kappa shape index (κ2) is 9.89. The zero-order valence-corrected chi connectivity index (χ0v) is 17.9. The Morgan fingerprint density at radius 3 is 2.86 bits per heavy atom. The van der Waals surface area contributed by atoms with Crippen LogP contribution in [0.4, 0.5) is 0 Å². The highest BCUT2D eigenvalue weighted by Gasteiger charge is 2.23. The molecule has 1 atom stereocenters. The van der Waals surface area contributed by atoms with E-state index < -0.39 is 5.60 Å². The van der Waals surface area contributed by atoms with E-state index in [1.165, 1.54) is 17.7 Å². The maximum atomic E-state index is 12.4. The first-order valence-corrected chi connectivity index (χ1v) is 11.1. The van der Waals surface area contributed by atoms with Crippen LogP contribution in [0, 0.1) is 17.8 Å². The molecule has 1 amide bonds. The average molecular weight is 405 g/mol. The molecule has 1 aromatic heterocycles. The largest absolute Gasteiger partial charge is 0.378 e. The predicted octanol–water partition coefficient (Wildman–Crippen LogP) is 2.72. The van der Waals surface area contributed by atoms with Crippen molar-refractivity contribution in [3.05, 3.63) is 21.9 Å². The number of likely N-dealkylation sites (tertiary alicyclic amines) is 1. The first-order valence-electron chi connectivity index (χ1n) is 10.3. The molecule has 2 aliphatic rings. The molecule has 0 aliphatic carbocycles. The number of rotatable bonds is 5. The van der Waals surface area contributed by atoms with Crippen LogP contribution >= 0.6 is 11.3 Å². The van der Waals surface area contributed by atoms with Crippen molar-refractivity contribution in [1.29, 1.82) is 0 Å². The lowest BCUT2D eigenvalue weighted by molar-refractivity contribution is -0.135. The number of ether oxygens (including phenoxy) is 1. The summed E-state index contributed by atoms with van der Waals surface area (Å²) in [6, 6.07) is 4.19. The lowest BCUT2D eigenvalue weighted by Gasteiger charge is -2.33. The van der Waals surface area contributed by atoms with Crippen LogP contribution in [0.3, 0.4) is 0 Å². The quantitative estimate of drug-likeness (QED) is 0.767. The molecule has 3 heterocycles. The summed E-state index contributed by atoms with van der Waals surface area (Å²) in [5.74, 6) is 6.83. The van der Waals surface area contributed by atoms with Crippen molar-refractivity contribution in [2.24, 2.45) is 5.92 Å². The van der Waals surface area contributed by atoms with Crippen LogP contribution in [-0.2, 0) is 16.1 Å². The van der Waals surface area contributed by atoms with Gasteiger partial charge < -0.3 is 14.7 Å². The van der Waals surface area contributed by atoms with Crippen LogP contribution in [0.2, 0.25) is 0 Å². The third kappa shape index (κ3) is 6.89. The Morgan fingerprint density at radius 2 is 2.11 bits per heavy atom. The Morgan fingerprint density at radius 1 is 1.32 bits per heavy atom. The van der Waals surface area contributed by atoms with Gasteiger partial charge in [-0.25, -0.2) is 0 Å².